The van der Waals surface area contributed by atoms with Crippen molar-refractivity contribution in [2.45, 2.75) is 26.2 Å². The predicted molar refractivity (Wildman–Crippen MR) is 104 cm³/mol. The number of aromatic nitrogens is 1. The molecule has 0 bridgehead atoms. The van der Waals surface area contributed by atoms with Gasteiger partial charge in [0.15, 0.2) is 0 Å². The Kier molecular flexibility index (Phi) is 7.03. The summed E-state index contributed by atoms with van der Waals surface area (Å²) in [6.45, 7) is 9.17. The van der Waals surface area contributed by atoms with Crippen LogP contribution in [0, 0.1) is 18.8 Å². The molecule has 0 aromatic carbocycles. The van der Waals surface area contributed by atoms with E-state index in [0.29, 0.717) is 18.9 Å². The summed E-state index contributed by atoms with van der Waals surface area (Å²) in [6, 6.07) is 0. The molecule has 0 radical (unpaired) electrons. The van der Waals surface area contributed by atoms with Crippen molar-refractivity contribution < 1.29 is 9.90 Å². The van der Waals surface area contributed by atoms with Crippen LogP contribution in [0.3, 0.4) is 0 Å². The first kappa shape index (κ1) is 19.7. The number of amides is 1. The monoisotopic (exact) mass is 380 g/mol. The maximum absolute atomic E-state index is 12.8. The van der Waals surface area contributed by atoms with Crippen LogP contribution in [0.15, 0.2) is 5.38 Å². The molecular formula is C19H32N4O2S. The number of thiazole rings is 1. The lowest BCUT2D eigenvalue weighted by Crippen LogP contribution is -2.48. The number of aliphatic hydroxyl groups excluding tert-OH is 1. The Hall–Kier alpha value is -1.02. The van der Waals surface area contributed by atoms with Crippen LogP contribution in [-0.4, -0.2) is 90.2 Å². The number of hydrogen-bond donors (Lipinski definition) is 1. The molecule has 2 aliphatic heterocycles. The van der Waals surface area contributed by atoms with Crippen molar-refractivity contribution in [3.05, 3.63) is 16.1 Å². The summed E-state index contributed by atoms with van der Waals surface area (Å²) in [4.78, 5) is 24.1. The molecule has 3 heterocycles. The zero-order chi connectivity index (χ0) is 18.5. The number of likely N-dealkylation sites (tertiary alicyclic amines) is 1. The Balaban J connectivity index is 1.57. The van der Waals surface area contributed by atoms with E-state index in [9.17, 15) is 9.90 Å². The van der Waals surface area contributed by atoms with Crippen molar-refractivity contribution in [2.24, 2.45) is 11.8 Å². The summed E-state index contributed by atoms with van der Waals surface area (Å²) in [5.41, 5.74) is 0.871. The number of aliphatic hydroxyl groups is 1. The number of likely N-dealkylation sites (N-methyl/N-ethyl adjacent to an activating group) is 1. The highest BCUT2D eigenvalue weighted by atomic mass is 32.1. The van der Waals surface area contributed by atoms with Crippen LogP contribution in [0.25, 0.3) is 0 Å². The summed E-state index contributed by atoms with van der Waals surface area (Å²) in [6.07, 6.45) is 2.60. The highest BCUT2D eigenvalue weighted by Crippen LogP contribution is 2.24. The zero-order valence-electron chi connectivity index (χ0n) is 16.1. The molecule has 1 amide bonds. The van der Waals surface area contributed by atoms with Crippen molar-refractivity contribution in [1.29, 1.82) is 0 Å². The van der Waals surface area contributed by atoms with E-state index in [-0.39, 0.29) is 18.4 Å². The summed E-state index contributed by atoms with van der Waals surface area (Å²) < 4.78 is 0. The van der Waals surface area contributed by atoms with Gasteiger partial charge in [-0.3, -0.25) is 4.79 Å². The molecule has 1 aromatic rings. The smallest absolute Gasteiger partial charge is 0.228 e. The van der Waals surface area contributed by atoms with Gasteiger partial charge in [-0.05, 0) is 51.7 Å². The first-order chi connectivity index (χ1) is 12.5. The highest BCUT2D eigenvalue weighted by molar-refractivity contribution is 7.09. The Morgan fingerprint density at radius 3 is 2.81 bits per heavy atom. The molecular weight excluding hydrogens is 348 g/mol. The Labute approximate surface area is 160 Å². The van der Waals surface area contributed by atoms with Crippen molar-refractivity contribution in [1.82, 2.24) is 19.7 Å². The van der Waals surface area contributed by atoms with Crippen LogP contribution < -0.4 is 0 Å². The maximum Gasteiger partial charge on any atom is 0.228 e. The lowest BCUT2D eigenvalue weighted by atomic mass is 9.89. The van der Waals surface area contributed by atoms with Crippen LogP contribution >= 0.6 is 11.3 Å². The minimum atomic E-state index is 0.147. The summed E-state index contributed by atoms with van der Waals surface area (Å²) >= 11 is 1.59. The molecule has 6 nitrogen and oxygen atoms in total. The maximum atomic E-state index is 12.8. The lowest BCUT2D eigenvalue weighted by molar-refractivity contribution is -0.134. The van der Waals surface area contributed by atoms with Gasteiger partial charge in [0.2, 0.25) is 5.91 Å². The molecule has 2 saturated heterocycles. The first-order valence-corrected chi connectivity index (χ1v) is 10.6. The quantitative estimate of drug-likeness (QED) is 0.829. The molecule has 2 aliphatic rings. The average Bonchev–Trinajstić information content (AvgIpc) is 2.92. The van der Waals surface area contributed by atoms with E-state index in [0.717, 1.165) is 56.4 Å². The van der Waals surface area contributed by atoms with Gasteiger partial charge in [-0.2, -0.15) is 0 Å². The third-order valence-corrected chi connectivity index (χ3v) is 6.38. The molecule has 1 aromatic heterocycles. The van der Waals surface area contributed by atoms with E-state index in [1.165, 1.54) is 6.42 Å². The number of rotatable bonds is 5. The fourth-order valence-electron chi connectivity index (χ4n) is 4.19. The van der Waals surface area contributed by atoms with Crippen molar-refractivity contribution >= 4 is 17.2 Å². The average molecular weight is 381 g/mol. The molecule has 2 fully saturated rings. The van der Waals surface area contributed by atoms with E-state index in [1.54, 1.807) is 11.3 Å². The second-order valence-electron chi connectivity index (χ2n) is 7.94. The van der Waals surface area contributed by atoms with Gasteiger partial charge >= 0.3 is 0 Å². The molecule has 0 spiro atoms. The number of piperidine rings is 1. The van der Waals surface area contributed by atoms with Gasteiger partial charge < -0.3 is 19.8 Å². The lowest BCUT2D eigenvalue weighted by Gasteiger charge is -2.39. The van der Waals surface area contributed by atoms with Crippen molar-refractivity contribution in [2.75, 3.05) is 59.5 Å². The molecule has 2 atom stereocenters. The van der Waals surface area contributed by atoms with Gasteiger partial charge in [-0.1, -0.05) is 0 Å². The van der Waals surface area contributed by atoms with E-state index in [2.05, 4.69) is 21.8 Å². The Morgan fingerprint density at radius 1 is 1.27 bits per heavy atom. The number of carbonyl (C=O) groups excluding carboxylic acids is 1. The number of aryl methyl sites for hydroxylation is 1. The van der Waals surface area contributed by atoms with E-state index in [4.69, 9.17) is 0 Å². The predicted octanol–water partition coefficient (Wildman–Crippen LogP) is 1.09. The van der Waals surface area contributed by atoms with Crippen LogP contribution in [-0.2, 0) is 11.2 Å². The molecule has 0 aliphatic carbocycles. The third kappa shape index (κ3) is 5.49. The molecule has 3 rings (SSSR count). The summed E-state index contributed by atoms with van der Waals surface area (Å²) in [7, 11) is 2.19. The molecule has 0 saturated carbocycles. The minimum absolute atomic E-state index is 0.147. The van der Waals surface area contributed by atoms with Gasteiger partial charge in [0.25, 0.3) is 0 Å². The van der Waals surface area contributed by atoms with E-state index in [1.807, 2.05) is 17.2 Å². The second-order valence-corrected chi connectivity index (χ2v) is 9.00. The standard InChI is InChI=1S/C19H32N4O2S/c1-15-20-18(14-26-15)9-19(25)23-11-16(8-17(12-23)13-24)10-22-5-3-4-21(2)6-7-22/h14,16-17,24H,3-13H2,1-2H3. The van der Waals surface area contributed by atoms with Crippen LogP contribution in [0.2, 0.25) is 0 Å². The second kappa shape index (κ2) is 9.26. The van der Waals surface area contributed by atoms with Crippen LogP contribution in [0.5, 0.6) is 0 Å². The Bertz CT molecular complexity index is 594. The van der Waals surface area contributed by atoms with E-state index >= 15 is 0 Å². The summed E-state index contributed by atoms with van der Waals surface area (Å²) in [5, 5.41) is 12.7. The Morgan fingerprint density at radius 2 is 2.08 bits per heavy atom. The van der Waals surface area contributed by atoms with Gasteiger partial charge in [-0.25, -0.2) is 4.98 Å². The number of hydrogen-bond acceptors (Lipinski definition) is 6. The number of nitrogens with zero attached hydrogens (tertiary/aromatic N) is 4. The van der Waals surface area contributed by atoms with Gasteiger partial charge in [0.05, 0.1) is 17.1 Å². The molecule has 7 heteroatoms. The molecule has 146 valence electrons. The fourth-order valence-corrected chi connectivity index (χ4v) is 4.80. The van der Waals surface area contributed by atoms with Crippen molar-refractivity contribution in [3.63, 3.8) is 0 Å². The molecule has 2 unspecified atom stereocenters. The topological polar surface area (TPSA) is 59.9 Å². The highest BCUT2D eigenvalue weighted by Gasteiger charge is 2.31. The number of carbonyl (C=O) groups is 1. The van der Waals surface area contributed by atoms with Crippen molar-refractivity contribution in [3.8, 4) is 0 Å². The molecule has 1 N–H and O–H groups in total. The first-order valence-electron chi connectivity index (χ1n) is 9.74. The van der Waals surface area contributed by atoms with Crippen LogP contribution in [0.4, 0.5) is 0 Å². The SMILES string of the molecule is Cc1nc(CC(=O)N2CC(CO)CC(CN3CCCN(C)CC3)C2)cs1. The van der Waals surface area contributed by atoms with E-state index < -0.39 is 0 Å². The van der Waals surface area contributed by atoms with Gasteiger partial charge in [-0.15, -0.1) is 11.3 Å². The zero-order valence-corrected chi connectivity index (χ0v) is 16.9. The fraction of sp³-hybridized carbons (Fsp3) is 0.789. The largest absolute Gasteiger partial charge is 0.396 e. The molecule has 26 heavy (non-hydrogen) atoms. The van der Waals surface area contributed by atoms with Gasteiger partial charge in [0, 0.05) is 44.7 Å². The summed E-state index contributed by atoms with van der Waals surface area (Å²) in [5.74, 6) is 0.795. The van der Waals surface area contributed by atoms with Crippen LogP contribution in [0.1, 0.15) is 23.5 Å². The third-order valence-electron chi connectivity index (χ3n) is 5.56. The normalized spacial score (nSPS) is 26.0. The van der Waals surface area contributed by atoms with Gasteiger partial charge in [0.1, 0.15) is 0 Å². The minimum Gasteiger partial charge on any atom is -0.396 e.